The number of hydrogen-bond acceptors (Lipinski definition) is 3. The van der Waals surface area contributed by atoms with E-state index in [0.29, 0.717) is 5.92 Å². The van der Waals surface area contributed by atoms with Crippen LogP contribution < -0.4 is 0 Å². The van der Waals surface area contributed by atoms with Crippen LogP contribution in [0.1, 0.15) is 25.6 Å². The summed E-state index contributed by atoms with van der Waals surface area (Å²) in [5, 5.41) is 9.82. The summed E-state index contributed by atoms with van der Waals surface area (Å²) in [6.07, 6.45) is 5.98. The van der Waals surface area contributed by atoms with Gasteiger partial charge in [-0.3, -0.25) is 0 Å². The van der Waals surface area contributed by atoms with E-state index < -0.39 is 0 Å². The fourth-order valence-corrected chi connectivity index (χ4v) is 2.42. The monoisotopic (exact) mass is 237 g/mol. The molecule has 0 radical (unpaired) electrons. The molecule has 2 unspecified atom stereocenters. The van der Waals surface area contributed by atoms with E-state index in [4.69, 9.17) is 0 Å². The summed E-state index contributed by atoms with van der Waals surface area (Å²) in [6, 6.07) is 0. The van der Waals surface area contributed by atoms with Crippen molar-refractivity contribution in [2.75, 3.05) is 19.6 Å². The van der Waals surface area contributed by atoms with Gasteiger partial charge in [0.1, 0.15) is 5.82 Å². The minimum atomic E-state index is -0.140. The second-order valence-corrected chi connectivity index (χ2v) is 5.16. The van der Waals surface area contributed by atoms with Gasteiger partial charge in [0.05, 0.1) is 6.10 Å². The maximum atomic E-state index is 9.82. The van der Waals surface area contributed by atoms with E-state index in [9.17, 15) is 5.11 Å². The summed E-state index contributed by atoms with van der Waals surface area (Å²) in [6.45, 7) is 8.23. The number of aliphatic hydroxyl groups is 1. The molecular formula is C13H23N3O. The molecular weight excluding hydrogens is 214 g/mol. The molecule has 2 atom stereocenters. The first-order valence-electron chi connectivity index (χ1n) is 6.55. The van der Waals surface area contributed by atoms with Crippen molar-refractivity contribution in [3.63, 3.8) is 0 Å². The summed E-state index contributed by atoms with van der Waals surface area (Å²) >= 11 is 0. The van der Waals surface area contributed by atoms with Crippen LogP contribution in [0.2, 0.25) is 0 Å². The van der Waals surface area contributed by atoms with Crippen LogP contribution in [0.3, 0.4) is 0 Å². The largest absolute Gasteiger partial charge is 0.392 e. The van der Waals surface area contributed by atoms with Crippen LogP contribution in [0.4, 0.5) is 0 Å². The zero-order valence-electron chi connectivity index (χ0n) is 10.8. The minimum Gasteiger partial charge on any atom is -0.392 e. The Kier molecular flexibility index (Phi) is 4.18. The average molecular weight is 237 g/mol. The SMILES string of the molecule is Cc1nccn1CCCN1CCC(C)C(O)C1. The van der Waals surface area contributed by atoms with E-state index in [1.807, 2.05) is 19.3 Å². The average Bonchev–Trinajstić information content (AvgIpc) is 2.70. The van der Waals surface area contributed by atoms with Crippen molar-refractivity contribution in [3.8, 4) is 0 Å². The van der Waals surface area contributed by atoms with E-state index in [0.717, 1.165) is 44.8 Å². The van der Waals surface area contributed by atoms with Crippen LogP contribution in [-0.4, -0.2) is 45.3 Å². The Morgan fingerprint density at radius 1 is 1.47 bits per heavy atom. The molecule has 1 aromatic rings. The van der Waals surface area contributed by atoms with Crippen LogP contribution in [0, 0.1) is 12.8 Å². The lowest BCUT2D eigenvalue weighted by atomic mass is 9.96. The van der Waals surface area contributed by atoms with Gasteiger partial charge in [-0.05, 0) is 38.8 Å². The van der Waals surface area contributed by atoms with Gasteiger partial charge in [0, 0.05) is 25.5 Å². The van der Waals surface area contributed by atoms with Gasteiger partial charge >= 0.3 is 0 Å². The Bertz CT molecular complexity index is 350. The number of piperidine rings is 1. The molecule has 2 rings (SSSR count). The Morgan fingerprint density at radius 2 is 2.29 bits per heavy atom. The molecule has 0 aliphatic carbocycles. The Hall–Kier alpha value is -0.870. The summed E-state index contributed by atoms with van der Waals surface area (Å²) in [4.78, 5) is 6.59. The molecule has 4 nitrogen and oxygen atoms in total. The first-order chi connectivity index (χ1) is 8.16. The van der Waals surface area contributed by atoms with E-state index in [2.05, 4.69) is 21.4 Å². The van der Waals surface area contributed by atoms with Crippen LogP contribution in [0.15, 0.2) is 12.4 Å². The van der Waals surface area contributed by atoms with Crippen molar-refractivity contribution in [1.82, 2.24) is 14.5 Å². The van der Waals surface area contributed by atoms with Crippen molar-refractivity contribution >= 4 is 0 Å². The number of imidazole rings is 1. The Labute approximate surface area is 103 Å². The maximum Gasteiger partial charge on any atom is 0.105 e. The lowest BCUT2D eigenvalue weighted by molar-refractivity contribution is 0.0284. The molecule has 0 aromatic carbocycles. The first-order valence-corrected chi connectivity index (χ1v) is 6.55. The van der Waals surface area contributed by atoms with Gasteiger partial charge in [-0.1, -0.05) is 6.92 Å². The van der Waals surface area contributed by atoms with Gasteiger partial charge < -0.3 is 14.6 Å². The van der Waals surface area contributed by atoms with Crippen LogP contribution in [-0.2, 0) is 6.54 Å². The summed E-state index contributed by atoms with van der Waals surface area (Å²) in [7, 11) is 0. The molecule has 17 heavy (non-hydrogen) atoms. The lowest BCUT2D eigenvalue weighted by Crippen LogP contribution is -2.43. The zero-order chi connectivity index (χ0) is 12.3. The van der Waals surface area contributed by atoms with E-state index >= 15 is 0 Å². The topological polar surface area (TPSA) is 41.3 Å². The molecule has 0 saturated carbocycles. The number of aryl methyl sites for hydroxylation is 2. The summed E-state index contributed by atoms with van der Waals surface area (Å²) in [5.41, 5.74) is 0. The summed E-state index contributed by atoms with van der Waals surface area (Å²) in [5.74, 6) is 1.54. The predicted octanol–water partition coefficient (Wildman–Crippen LogP) is 1.28. The van der Waals surface area contributed by atoms with Gasteiger partial charge in [-0.2, -0.15) is 0 Å². The van der Waals surface area contributed by atoms with Gasteiger partial charge in [0.25, 0.3) is 0 Å². The molecule has 96 valence electrons. The van der Waals surface area contributed by atoms with E-state index in [-0.39, 0.29) is 6.10 Å². The molecule has 4 heteroatoms. The molecule has 1 saturated heterocycles. The lowest BCUT2D eigenvalue weighted by Gasteiger charge is -2.34. The van der Waals surface area contributed by atoms with Crippen molar-refractivity contribution in [1.29, 1.82) is 0 Å². The first kappa shape index (κ1) is 12.6. The molecule has 1 fully saturated rings. The number of β-amino-alcohol motifs (C(OH)–C–C–N with tert-alkyl or cyclic N) is 1. The van der Waals surface area contributed by atoms with Crippen molar-refractivity contribution < 1.29 is 5.11 Å². The Morgan fingerprint density at radius 3 is 2.94 bits per heavy atom. The fraction of sp³-hybridized carbons (Fsp3) is 0.769. The van der Waals surface area contributed by atoms with Crippen molar-refractivity contribution in [2.24, 2.45) is 5.92 Å². The minimum absolute atomic E-state index is 0.140. The van der Waals surface area contributed by atoms with E-state index in [1.165, 1.54) is 0 Å². The number of nitrogens with zero attached hydrogens (tertiary/aromatic N) is 3. The number of hydrogen-bond donors (Lipinski definition) is 1. The normalized spacial score (nSPS) is 26.3. The van der Waals surface area contributed by atoms with Crippen molar-refractivity contribution in [3.05, 3.63) is 18.2 Å². The quantitative estimate of drug-likeness (QED) is 0.858. The van der Waals surface area contributed by atoms with Gasteiger partial charge in [0.15, 0.2) is 0 Å². The van der Waals surface area contributed by atoms with Crippen LogP contribution >= 0.6 is 0 Å². The number of aromatic nitrogens is 2. The van der Waals surface area contributed by atoms with Crippen LogP contribution in [0.25, 0.3) is 0 Å². The number of rotatable bonds is 4. The number of aliphatic hydroxyl groups excluding tert-OH is 1. The smallest absolute Gasteiger partial charge is 0.105 e. The maximum absolute atomic E-state index is 9.82. The second-order valence-electron chi connectivity index (χ2n) is 5.16. The molecule has 2 heterocycles. The molecule has 0 spiro atoms. The Balaban J connectivity index is 1.71. The molecule has 1 aliphatic rings. The van der Waals surface area contributed by atoms with Crippen LogP contribution in [0.5, 0.6) is 0 Å². The molecule has 1 aromatic heterocycles. The summed E-state index contributed by atoms with van der Waals surface area (Å²) < 4.78 is 2.18. The third-order valence-electron chi connectivity index (χ3n) is 3.80. The third-order valence-corrected chi connectivity index (χ3v) is 3.80. The second kappa shape index (κ2) is 5.65. The standard InChI is InChI=1S/C13H23N3O/c1-11-4-8-15(10-13(11)17)6-3-7-16-9-5-14-12(16)2/h5,9,11,13,17H,3-4,6-8,10H2,1-2H3. The highest BCUT2D eigenvalue weighted by Crippen LogP contribution is 2.17. The van der Waals surface area contributed by atoms with Crippen molar-refractivity contribution in [2.45, 2.75) is 39.3 Å². The highest BCUT2D eigenvalue weighted by atomic mass is 16.3. The predicted molar refractivity (Wildman–Crippen MR) is 67.8 cm³/mol. The highest BCUT2D eigenvalue weighted by Gasteiger charge is 2.23. The fourth-order valence-electron chi connectivity index (χ4n) is 2.42. The third kappa shape index (κ3) is 3.30. The molecule has 0 bridgehead atoms. The zero-order valence-corrected chi connectivity index (χ0v) is 10.8. The highest BCUT2D eigenvalue weighted by molar-refractivity contribution is 4.88. The molecule has 0 amide bonds. The molecule has 1 N–H and O–H groups in total. The molecule has 1 aliphatic heterocycles. The van der Waals surface area contributed by atoms with E-state index in [1.54, 1.807) is 0 Å². The number of likely N-dealkylation sites (tertiary alicyclic amines) is 1. The van der Waals surface area contributed by atoms with Gasteiger partial charge in [-0.15, -0.1) is 0 Å². The van der Waals surface area contributed by atoms with Gasteiger partial charge in [0.2, 0.25) is 0 Å². The van der Waals surface area contributed by atoms with Gasteiger partial charge in [-0.25, -0.2) is 4.98 Å².